The van der Waals surface area contributed by atoms with Crippen LogP contribution in [0.25, 0.3) is 43.1 Å². The molecule has 0 aliphatic rings. The Morgan fingerprint density at radius 2 is 0.782 bits per heavy atom. The largest absolute Gasteiger partial charge is 1.00 e. The number of hydrogen-bond donors (Lipinski definition) is 6. The number of nitrogens with zero attached hydrogens (tertiary/aromatic N) is 10. The molecule has 0 saturated heterocycles. The summed E-state index contributed by atoms with van der Waals surface area (Å²) in [7, 11) is -38.8. The van der Waals surface area contributed by atoms with Crippen LogP contribution in [0.3, 0.4) is 0 Å². The van der Waals surface area contributed by atoms with Gasteiger partial charge in [-0.3, -0.25) is 5.04 Å². The molecule has 0 aliphatic carbocycles. The van der Waals surface area contributed by atoms with Crippen molar-refractivity contribution in [3.63, 3.8) is 0 Å². The van der Waals surface area contributed by atoms with Crippen LogP contribution in [-0.4, -0.2) is 131 Å². The van der Waals surface area contributed by atoms with Gasteiger partial charge in [-0.2, -0.15) is 34.2 Å². The van der Waals surface area contributed by atoms with Crippen LogP contribution in [0.1, 0.15) is 0 Å². The van der Waals surface area contributed by atoms with E-state index in [2.05, 4.69) is 81.0 Å². The summed E-state index contributed by atoms with van der Waals surface area (Å²) in [4.78, 5) is 15.7. The van der Waals surface area contributed by atoms with Crippen molar-refractivity contribution in [1.82, 2.24) is 29.9 Å². The standard InChI is InChI=1S/C52H34Cl2N14O26S8.8Na/c53-47-59-49(63-51(61-47)57-30-15-16-37(99(81,82)83)29-20-38(100(84,85)86)42(44(70)40(29)30)68-66-32-14-12-26-28(46(32)102(90,91)92)4-2-6-36(26)98(78,79)80)55-22-7-9-23(10-8-22)56-50-60-48(54)62-52(64-50)58-33-19-24(96(72,73)74)17-21-18-34(95-94-93-71)41(43(69)39(21)33)67-65-31-13-11-25-27(45(31)101(87,88)89)3-1-5-35(25)97(75,76)77;;;;;;;;/h1-20,69-71H,(H,72,73,74)(H,75,76,77)(H,78,79,80)(H,81,82,83)(H,84,85,86)(H,87,88,89)(H,90,91,92)(H2,55,57,59,61,63)(H2,56,58,60,62,64);;;;;;;;/q;8*+1/p-8. The summed E-state index contributed by atoms with van der Waals surface area (Å²) in [6, 6.07) is 18.4. The number of anilines is 8. The van der Waals surface area contributed by atoms with Gasteiger partial charge in [0.05, 0.1) is 68.0 Å². The number of benzene rings is 9. The molecule has 110 heavy (non-hydrogen) atoms. The zero-order valence-corrected chi connectivity index (χ0v) is 80.8. The van der Waals surface area contributed by atoms with Gasteiger partial charge < -0.3 is 68.6 Å². The number of halogens is 2. The molecule has 6 N–H and O–H groups in total. The van der Waals surface area contributed by atoms with Crippen LogP contribution < -0.4 is 263 Å². The van der Waals surface area contributed by atoms with Gasteiger partial charge in [0.25, 0.3) is 0 Å². The molecular formula is C52H26Cl2N14Na8O26S8. The molecule has 58 heteroatoms. The summed E-state index contributed by atoms with van der Waals surface area (Å²) in [6.45, 7) is 0. The second-order valence-electron chi connectivity index (χ2n) is 20.2. The van der Waals surface area contributed by atoms with Gasteiger partial charge in [-0.05, 0) is 114 Å². The zero-order chi connectivity index (χ0) is 74.1. The van der Waals surface area contributed by atoms with Gasteiger partial charge in [0, 0.05) is 43.7 Å². The van der Waals surface area contributed by atoms with E-state index in [0.717, 1.165) is 72.8 Å². The normalized spacial score (nSPS) is 11.9. The van der Waals surface area contributed by atoms with E-state index in [1.165, 1.54) is 24.3 Å². The number of azo groups is 2. The van der Waals surface area contributed by atoms with Crippen molar-refractivity contribution < 1.29 is 352 Å². The fourth-order valence-electron chi connectivity index (χ4n) is 9.92. The maximum atomic E-state index is 12.8. The zero-order valence-electron chi connectivity index (χ0n) is 56.7. The van der Waals surface area contributed by atoms with E-state index in [0.29, 0.717) is 24.3 Å². The third-order valence-corrected chi connectivity index (χ3v) is 21.0. The summed E-state index contributed by atoms with van der Waals surface area (Å²) >= 11 is 12.6. The molecule has 2 heterocycles. The quantitative estimate of drug-likeness (QED) is 0.00916. The molecule has 40 nitrogen and oxygen atoms in total. The third-order valence-electron chi connectivity index (χ3n) is 13.8. The van der Waals surface area contributed by atoms with Crippen LogP contribution in [0.2, 0.25) is 10.6 Å². The number of hydrogen-bond acceptors (Lipinski definition) is 41. The Balaban J connectivity index is 0.00000392. The third kappa shape index (κ3) is 23.6. The molecule has 0 atom stereocenters. The number of rotatable bonds is 22. The van der Waals surface area contributed by atoms with E-state index in [1.54, 1.807) is 0 Å². The predicted molar refractivity (Wildman–Crippen MR) is 340 cm³/mol. The molecule has 0 unspecified atom stereocenters. The van der Waals surface area contributed by atoms with Crippen LogP contribution in [-0.2, 0) is 80.2 Å². The summed E-state index contributed by atoms with van der Waals surface area (Å²) < 4.78 is 266. The molecule has 530 valence electrons. The minimum atomic E-state index is -5.91. The van der Waals surface area contributed by atoms with E-state index in [9.17, 15) is 106 Å². The van der Waals surface area contributed by atoms with Gasteiger partial charge in [0.15, 0.2) is 11.5 Å². The smallest absolute Gasteiger partial charge is 0.744 e. The molecule has 11 aromatic rings. The molecule has 0 spiro atoms. The van der Waals surface area contributed by atoms with Crippen LogP contribution in [0.4, 0.5) is 69.3 Å². The average Bonchev–Trinajstić information content (AvgIpc) is 0.757. The number of nitrogens with one attached hydrogen (secondary N) is 4. The minimum absolute atomic E-state index is 0. The number of aromatic hydroxyl groups is 2. The van der Waals surface area contributed by atoms with Crippen LogP contribution in [0, 0.1) is 0 Å². The summed E-state index contributed by atoms with van der Waals surface area (Å²) in [5.74, 6) is -4.26. The molecule has 0 aliphatic heterocycles. The van der Waals surface area contributed by atoms with Crippen molar-refractivity contribution in [2.75, 3.05) is 21.3 Å². The first-order chi connectivity index (χ1) is 47.6. The Morgan fingerprint density at radius 1 is 0.382 bits per heavy atom. The first-order valence-corrected chi connectivity index (χ1v) is 37.9. The van der Waals surface area contributed by atoms with Crippen molar-refractivity contribution >= 4 is 218 Å². The molecule has 0 radical (unpaired) electrons. The van der Waals surface area contributed by atoms with Crippen LogP contribution in [0.5, 0.6) is 11.5 Å². The van der Waals surface area contributed by atoms with Crippen molar-refractivity contribution in [1.29, 1.82) is 0 Å². The topological polar surface area (TPSA) is 657 Å². The van der Waals surface area contributed by atoms with E-state index in [1.807, 2.05) is 0 Å². The van der Waals surface area contributed by atoms with Gasteiger partial charge in [-0.25, -0.2) is 58.9 Å². The Morgan fingerprint density at radius 3 is 1.19 bits per heavy atom. The molecular weight excluding hydrogens is 1750 g/mol. The first-order valence-electron chi connectivity index (χ1n) is 26.5. The van der Waals surface area contributed by atoms with Gasteiger partial charge in [-0.15, -0.1) is 20.5 Å². The number of phenolic OH excluding ortho intramolecular Hbond substituents is 2. The molecule has 2 aromatic heterocycles. The fraction of sp³-hybridized carbons (Fsp3) is 0. The number of phenols is 2. The van der Waals surface area contributed by atoms with E-state index in [-0.39, 0.29) is 277 Å². The van der Waals surface area contributed by atoms with Gasteiger partial charge in [-0.1, -0.05) is 36.4 Å². The van der Waals surface area contributed by atoms with Gasteiger partial charge in [0.2, 0.25) is 34.4 Å². The fourth-order valence-corrected chi connectivity index (χ4v) is 15.6. The molecule has 0 fully saturated rings. The van der Waals surface area contributed by atoms with Crippen LogP contribution in [0.15, 0.2) is 181 Å². The second-order valence-corrected chi connectivity index (χ2v) is 31.0. The molecule has 0 bridgehead atoms. The second kappa shape index (κ2) is 40.3. The average molecular weight is 1770 g/mol. The summed E-state index contributed by atoms with van der Waals surface area (Å²) in [5.41, 5.74) is -4.50. The van der Waals surface area contributed by atoms with E-state index < -0.39 is 216 Å². The Bertz CT molecular complexity index is 6400. The number of aromatic nitrogens is 6. The van der Waals surface area contributed by atoms with Gasteiger partial charge in [0.1, 0.15) is 93.6 Å². The monoisotopic (exact) mass is 1770 g/mol. The van der Waals surface area contributed by atoms with Crippen molar-refractivity contribution in [2.45, 2.75) is 39.2 Å². The predicted octanol–water partition coefficient (Wildman–Crippen LogP) is -17.2. The van der Waals surface area contributed by atoms with E-state index >= 15 is 0 Å². The number of fused-ring (bicyclic) bond motifs is 4. The van der Waals surface area contributed by atoms with Crippen LogP contribution >= 0.6 is 35.2 Å². The van der Waals surface area contributed by atoms with Crippen molar-refractivity contribution in [3.05, 3.63) is 132 Å². The van der Waals surface area contributed by atoms with Crippen molar-refractivity contribution in [3.8, 4) is 11.5 Å². The molecule has 11 rings (SSSR count). The Kier molecular flexibility index (Phi) is 37.5. The molecule has 0 saturated carbocycles. The Hall–Kier alpha value is -1.78. The minimum Gasteiger partial charge on any atom is -0.744 e. The first kappa shape index (κ1) is 102. The molecule has 9 aromatic carbocycles. The summed E-state index contributed by atoms with van der Waals surface area (Å²) in [5, 5.41) is 57.7. The maximum absolute atomic E-state index is 12.8. The van der Waals surface area contributed by atoms with Gasteiger partial charge >= 0.3 is 236 Å². The Labute approximate surface area is 811 Å². The summed E-state index contributed by atoms with van der Waals surface area (Å²) in [6.07, 6.45) is 0. The SMILES string of the molecule is O=S(=O)([O-])c1cc(Nc2nc(Cl)nc(Nc3ccc(Nc4nc(Cl)nc(Nc5ccc(S(=O)(=O)[O-])c6cc(S(=O)(=O)[O-])c(N=Nc7ccc8c(S(=O)(=O)[O-])cccc8c7S(=O)(=O)[O-])c(O)c56)n4)cc3)n2)c2c(O)c(N=Nc3ccc4c(S(=O)(=O)[O-])cccc4c3S(=O)(=O)[O-])c(SOO[O-])cc2c1.[Na+].[Na+].[Na+].[Na+].[Na+].[Na+].[Na+].[Na+]. The maximum Gasteiger partial charge on any atom is 1.00 e. The molecule has 0 amide bonds. The van der Waals surface area contributed by atoms with Crippen molar-refractivity contribution in [2.24, 2.45) is 20.5 Å². The van der Waals surface area contributed by atoms with E-state index in [4.69, 9.17) is 23.2 Å².